The van der Waals surface area contributed by atoms with Gasteiger partial charge in [0.15, 0.2) is 0 Å². The lowest BCUT2D eigenvalue weighted by atomic mass is 9.95. The number of ether oxygens (including phenoxy) is 1. The molecular weight excluding hydrogens is 309 g/mol. The van der Waals surface area contributed by atoms with Crippen LogP contribution in [-0.4, -0.2) is 7.11 Å². The molecule has 2 rings (SSSR count). The van der Waals surface area contributed by atoms with Gasteiger partial charge in [-0.05, 0) is 42.3 Å². The molecule has 0 aromatic heterocycles. The molecule has 0 aliphatic rings. The van der Waals surface area contributed by atoms with Crippen LogP contribution in [0.25, 0.3) is 0 Å². The first-order chi connectivity index (χ1) is 9.02. The highest BCUT2D eigenvalue weighted by Crippen LogP contribution is 2.32. The van der Waals surface area contributed by atoms with E-state index in [0.29, 0.717) is 5.75 Å². The van der Waals surface area contributed by atoms with Gasteiger partial charge < -0.3 is 10.5 Å². The third kappa shape index (κ3) is 2.96. The van der Waals surface area contributed by atoms with Gasteiger partial charge in [-0.2, -0.15) is 0 Å². The molecule has 0 aliphatic heterocycles. The van der Waals surface area contributed by atoms with Gasteiger partial charge in [0.05, 0.1) is 13.2 Å². The summed E-state index contributed by atoms with van der Waals surface area (Å²) in [5.41, 5.74) is 8.87. The van der Waals surface area contributed by atoms with Crippen molar-refractivity contribution in [1.82, 2.24) is 0 Å². The van der Waals surface area contributed by atoms with Gasteiger partial charge in [0.1, 0.15) is 11.6 Å². The van der Waals surface area contributed by atoms with Crippen molar-refractivity contribution in [3.8, 4) is 5.75 Å². The Labute approximate surface area is 120 Å². The van der Waals surface area contributed by atoms with E-state index in [2.05, 4.69) is 15.9 Å². The number of hydrogen-bond acceptors (Lipinski definition) is 2. The molecule has 4 heteroatoms. The fourth-order valence-electron chi connectivity index (χ4n) is 2.10. The number of benzene rings is 2. The van der Waals surface area contributed by atoms with Crippen LogP contribution in [0.15, 0.2) is 40.9 Å². The summed E-state index contributed by atoms with van der Waals surface area (Å²) >= 11 is 3.40. The van der Waals surface area contributed by atoms with E-state index < -0.39 is 0 Å². The Morgan fingerprint density at radius 1 is 1.16 bits per heavy atom. The maximum atomic E-state index is 13.1. The van der Waals surface area contributed by atoms with Crippen molar-refractivity contribution < 1.29 is 9.13 Å². The third-order valence-corrected chi connectivity index (χ3v) is 3.59. The quantitative estimate of drug-likeness (QED) is 0.928. The lowest BCUT2D eigenvalue weighted by Crippen LogP contribution is -2.14. The zero-order chi connectivity index (χ0) is 14.0. The molecule has 2 aromatic rings. The molecular formula is C15H15BrFNO. The largest absolute Gasteiger partial charge is 0.496 e. The molecule has 19 heavy (non-hydrogen) atoms. The van der Waals surface area contributed by atoms with E-state index in [1.807, 2.05) is 25.1 Å². The molecule has 2 nitrogen and oxygen atoms in total. The van der Waals surface area contributed by atoms with Crippen LogP contribution in [0.2, 0.25) is 0 Å². The second-order valence-corrected chi connectivity index (χ2v) is 5.28. The van der Waals surface area contributed by atoms with Crippen LogP contribution in [-0.2, 0) is 0 Å². The van der Waals surface area contributed by atoms with Crippen LogP contribution in [0.1, 0.15) is 22.7 Å². The third-order valence-electron chi connectivity index (χ3n) is 3.10. The van der Waals surface area contributed by atoms with Crippen LogP contribution < -0.4 is 10.5 Å². The highest BCUT2D eigenvalue weighted by molar-refractivity contribution is 9.10. The van der Waals surface area contributed by atoms with Gasteiger partial charge in [-0.15, -0.1) is 0 Å². The molecule has 100 valence electrons. The van der Waals surface area contributed by atoms with Crippen molar-refractivity contribution in [2.45, 2.75) is 13.0 Å². The van der Waals surface area contributed by atoms with Gasteiger partial charge in [0, 0.05) is 10.0 Å². The minimum Gasteiger partial charge on any atom is -0.496 e. The zero-order valence-corrected chi connectivity index (χ0v) is 12.4. The summed E-state index contributed by atoms with van der Waals surface area (Å²) in [5.74, 6) is 0.460. The van der Waals surface area contributed by atoms with Crippen LogP contribution in [0, 0.1) is 12.7 Å². The van der Waals surface area contributed by atoms with E-state index in [9.17, 15) is 4.39 Å². The van der Waals surface area contributed by atoms with Crippen molar-refractivity contribution in [3.05, 3.63) is 63.4 Å². The van der Waals surface area contributed by atoms with Gasteiger partial charge in [0.25, 0.3) is 0 Å². The highest BCUT2D eigenvalue weighted by atomic mass is 79.9. The molecule has 1 unspecified atom stereocenters. The average Bonchev–Trinajstić information content (AvgIpc) is 2.37. The van der Waals surface area contributed by atoms with E-state index in [4.69, 9.17) is 10.5 Å². The first-order valence-corrected chi connectivity index (χ1v) is 6.67. The second-order valence-electron chi connectivity index (χ2n) is 4.36. The van der Waals surface area contributed by atoms with Crippen LogP contribution in [0.4, 0.5) is 4.39 Å². The summed E-state index contributed by atoms with van der Waals surface area (Å²) in [6.07, 6.45) is 0. The van der Waals surface area contributed by atoms with Gasteiger partial charge >= 0.3 is 0 Å². The van der Waals surface area contributed by atoms with E-state index in [0.717, 1.165) is 21.2 Å². The van der Waals surface area contributed by atoms with Crippen molar-refractivity contribution in [3.63, 3.8) is 0 Å². The number of aryl methyl sites for hydroxylation is 1. The Morgan fingerprint density at radius 3 is 2.47 bits per heavy atom. The summed E-state index contributed by atoms with van der Waals surface area (Å²) in [5, 5.41) is 0. The molecule has 0 saturated heterocycles. The molecule has 2 N–H and O–H groups in total. The molecule has 0 bridgehead atoms. The normalized spacial score (nSPS) is 12.3. The Hall–Kier alpha value is -1.39. The topological polar surface area (TPSA) is 35.2 Å². The first kappa shape index (κ1) is 14.0. The standard InChI is InChI=1S/C15H15BrFNO/c1-9-7-11(17)4-6-12(9)15(18)13-5-3-10(16)8-14(13)19-2/h3-8,15H,18H2,1-2H3. The fraction of sp³-hybridized carbons (Fsp3) is 0.200. The molecule has 0 heterocycles. The smallest absolute Gasteiger partial charge is 0.125 e. The monoisotopic (exact) mass is 323 g/mol. The second kappa shape index (κ2) is 5.72. The van der Waals surface area contributed by atoms with Gasteiger partial charge in [-0.1, -0.05) is 28.1 Å². The summed E-state index contributed by atoms with van der Waals surface area (Å²) in [6, 6.07) is 9.98. The van der Waals surface area contributed by atoms with Crippen molar-refractivity contribution in [2.24, 2.45) is 5.73 Å². The lowest BCUT2D eigenvalue weighted by molar-refractivity contribution is 0.407. The Morgan fingerprint density at radius 2 is 1.84 bits per heavy atom. The predicted octanol–water partition coefficient (Wildman–Crippen LogP) is 3.95. The molecule has 0 saturated carbocycles. The Bertz CT molecular complexity index is 601. The number of methoxy groups -OCH3 is 1. The Kier molecular flexibility index (Phi) is 4.22. The molecule has 0 spiro atoms. The van der Waals surface area contributed by atoms with E-state index in [1.165, 1.54) is 12.1 Å². The Balaban J connectivity index is 2.46. The fourth-order valence-corrected chi connectivity index (χ4v) is 2.44. The molecule has 1 atom stereocenters. The first-order valence-electron chi connectivity index (χ1n) is 5.88. The maximum Gasteiger partial charge on any atom is 0.125 e. The molecule has 0 amide bonds. The number of nitrogens with two attached hydrogens (primary N) is 1. The van der Waals surface area contributed by atoms with Crippen molar-refractivity contribution >= 4 is 15.9 Å². The maximum absolute atomic E-state index is 13.1. The van der Waals surface area contributed by atoms with E-state index >= 15 is 0 Å². The summed E-state index contributed by atoms with van der Waals surface area (Å²) in [6.45, 7) is 1.85. The molecule has 0 aliphatic carbocycles. The van der Waals surface area contributed by atoms with Crippen LogP contribution in [0.3, 0.4) is 0 Å². The minimum atomic E-state index is -0.344. The van der Waals surface area contributed by atoms with Crippen molar-refractivity contribution in [1.29, 1.82) is 0 Å². The van der Waals surface area contributed by atoms with Gasteiger partial charge in [0.2, 0.25) is 0 Å². The molecule has 0 radical (unpaired) electrons. The SMILES string of the molecule is COc1cc(Br)ccc1C(N)c1ccc(F)cc1C. The van der Waals surface area contributed by atoms with E-state index in [1.54, 1.807) is 13.2 Å². The van der Waals surface area contributed by atoms with Crippen molar-refractivity contribution in [2.75, 3.05) is 7.11 Å². The number of rotatable bonds is 3. The van der Waals surface area contributed by atoms with Crippen LogP contribution >= 0.6 is 15.9 Å². The zero-order valence-electron chi connectivity index (χ0n) is 10.8. The van der Waals surface area contributed by atoms with Gasteiger partial charge in [-0.25, -0.2) is 4.39 Å². The highest BCUT2D eigenvalue weighted by Gasteiger charge is 2.16. The predicted molar refractivity (Wildman–Crippen MR) is 77.9 cm³/mol. The lowest BCUT2D eigenvalue weighted by Gasteiger charge is -2.18. The molecule has 0 fully saturated rings. The minimum absolute atomic E-state index is 0.253. The van der Waals surface area contributed by atoms with Gasteiger partial charge in [-0.3, -0.25) is 0 Å². The van der Waals surface area contributed by atoms with Crippen LogP contribution in [0.5, 0.6) is 5.75 Å². The van der Waals surface area contributed by atoms with E-state index in [-0.39, 0.29) is 11.9 Å². The number of halogens is 2. The number of hydrogen-bond donors (Lipinski definition) is 1. The molecule has 2 aromatic carbocycles. The summed E-state index contributed by atoms with van der Waals surface area (Å²) in [4.78, 5) is 0. The summed E-state index contributed by atoms with van der Waals surface area (Å²) < 4.78 is 19.4. The summed E-state index contributed by atoms with van der Waals surface area (Å²) in [7, 11) is 1.61. The average molecular weight is 324 g/mol.